The monoisotopic (exact) mass is 663 g/mol. The summed E-state index contributed by atoms with van der Waals surface area (Å²) in [5, 5.41) is 12.5. The van der Waals surface area contributed by atoms with Crippen molar-refractivity contribution in [2.45, 2.75) is 83.3 Å². The molecule has 1 aromatic heterocycles. The molecule has 0 aliphatic carbocycles. The van der Waals surface area contributed by atoms with Gasteiger partial charge in [-0.1, -0.05) is 66.7 Å². The number of hydrogen-bond donors (Lipinski definition) is 2. The van der Waals surface area contributed by atoms with E-state index < -0.39 is 11.9 Å². The van der Waals surface area contributed by atoms with Gasteiger partial charge in [-0.05, 0) is 86.2 Å². The maximum atomic E-state index is 13.1. The Bertz CT molecular complexity index is 1700. The van der Waals surface area contributed by atoms with Gasteiger partial charge in [-0.25, -0.2) is 0 Å². The van der Waals surface area contributed by atoms with E-state index in [1.165, 1.54) is 0 Å². The Kier molecular flexibility index (Phi) is 10.8. The molecule has 2 N–H and O–H groups in total. The zero-order valence-corrected chi connectivity index (χ0v) is 28.4. The van der Waals surface area contributed by atoms with E-state index in [-0.39, 0.29) is 36.7 Å². The SMILES string of the molecule is CC(C)(C)OC(=O)[C@@H]1CCCN1C[C@H]1C[C@@H](c2ccc(CO)cc2)O[C@@H](c2ccc(-c3cccc(CNC(=O)c4cccnc4)c3)cc2)O1. The van der Waals surface area contributed by atoms with Gasteiger partial charge in [0.05, 0.1) is 24.4 Å². The minimum absolute atomic E-state index is 0.0174. The molecule has 49 heavy (non-hydrogen) atoms. The first-order valence-electron chi connectivity index (χ1n) is 17.0. The summed E-state index contributed by atoms with van der Waals surface area (Å²) in [6.45, 7) is 7.48. The average Bonchev–Trinajstić information content (AvgIpc) is 3.58. The van der Waals surface area contributed by atoms with Crippen molar-refractivity contribution < 1.29 is 28.9 Å². The summed E-state index contributed by atoms with van der Waals surface area (Å²) in [5.74, 6) is -0.346. The lowest BCUT2D eigenvalue weighted by molar-refractivity contribution is -0.253. The molecular weight excluding hydrogens is 618 g/mol. The quantitative estimate of drug-likeness (QED) is 0.185. The Labute approximate surface area is 288 Å². The number of pyridine rings is 1. The molecule has 0 spiro atoms. The maximum absolute atomic E-state index is 13.1. The number of ether oxygens (including phenoxy) is 3. The predicted octanol–water partition coefficient (Wildman–Crippen LogP) is 6.52. The minimum atomic E-state index is -0.605. The number of aromatic nitrogens is 1. The Balaban J connectivity index is 1.17. The number of nitrogens with zero attached hydrogens (tertiary/aromatic N) is 2. The van der Waals surface area contributed by atoms with Crippen LogP contribution in [0.3, 0.4) is 0 Å². The van der Waals surface area contributed by atoms with E-state index in [1.54, 1.807) is 24.5 Å². The molecule has 3 aromatic carbocycles. The fourth-order valence-corrected chi connectivity index (χ4v) is 6.45. The van der Waals surface area contributed by atoms with Crippen LogP contribution < -0.4 is 5.32 Å². The summed E-state index contributed by atoms with van der Waals surface area (Å²) in [6.07, 6.45) is 4.53. The predicted molar refractivity (Wildman–Crippen MR) is 186 cm³/mol. The van der Waals surface area contributed by atoms with Crippen LogP contribution in [0.5, 0.6) is 0 Å². The number of likely N-dealkylation sites (tertiary alicyclic amines) is 1. The Morgan fingerprint density at radius 3 is 2.43 bits per heavy atom. The maximum Gasteiger partial charge on any atom is 0.323 e. The summed E-state index contributed by atoms with van der Waals surface area (Å²) >= 11 is 0. The van der Waals surface area contributed by atoms with Crippen molar-refractivity contribution in [2.75, 3.05) is 13.1 Å². The Morgan fingerprint density at radius 2 is 1.71 bits per heavy atom. The van der Waals surface area contributed by atoms with E-state index >= 15 is 0 Å². The lowest BCUT2D eigenvalue weighted by Gasteiger charge is -2.38. The minimum Gasteiger partial charge on any atom is -0.459 e. The van der Waals surface area contributed by atoms with Crippen molar-refractivity contribution in [1.82, 2.24) is 15.2 Å². The molecule has 0 bridgehead atoms. The van der Waals surface area contributed by atoms with Gasteiger partial charge in [-0.3, -0.25) is 19.5 Å². The molecule has 4 aromatic rings. The number of aliphatic hydroxyl groups excluding tert-OH is 1. The smallest absolute Gasteiger partial charge is 0.323 e. The normalized spacial score (nSPS) is 21.3. The van der Waals surface area contributed by atoms with Gasteiger partial charge in [-0.2, -0.15) is 0 Å². The molecule has 2 aliphatic rings. The number of amides is 1. The van der Waals surface area contributed by atoms with Crippen LogP contribution in [0.15, 0.2) is 97.3 Å². The van der Waals surface area contributed by atoms with Gasteiger partial charge < -0.3 is 24.6 Å². The lowest BCUT2D eigenvalue weighted by Crippen LogP contribution is -2.45. The summed E-state index contributed by atoms with van der Waals surface area (Å²) in [7, 11) is 0. The van der Waals surface area contributed by atoms with Crippen molar-refractivity contribution in [3.05, 3.63) is 125 Å². The Hall–Kier alpha value is -4.41. The fourth-order valence-electron chi connectivity index (χ4n) is 6.45. The third-order valence-corrected chi connectivity index (χ3v) is 8.92. The van der Waals surface area contributed by atoms with Gasteiger partial charge in [0.15, 0.2) is 6.29 Å². The van der Waals surface area contributed by atoms with E-state index in [9.17, 15) is 14.7 Å². The van der Waals surface area contributed by atoms with Gasteiger partial charge in [0.25, 0.3) is 5.91 Å². The first-order valence-corrected chi connectivity index (χ1v) is 17.0. The van der Waals surface area contributed by atoms with Crippen LogP contribution in [-0.2, 0) is 32.2 Å². The van der Waals surface area contributed by atoms with Crippen LogP contribution >= 0.6 is 0 Å². The van der Waals surface area contributed by atoms with Crippen molar-refractivity contribution in [3.63, 3.8) is 0 Å². The molecule has 0 unspecified atom stereocenters. The number of benzene rings is 3. The zero-order valence-electron chi connectivity index (χ0n) is 28.4. The number of nitrogens with one attached hydrogen (secondary N) is 1. The highest BCUT2D eigenvalue weighted by atomic mass is 16.7. The third kappa shape index (κ3) is 8.99. The van der Waals surface area contributed by atoms with Crippen molar-refractivity contribution in [1.29, 1.82) is 0 Å². The van der Waals surface area contributed by atoms with E-state index in [2.05, 4.69) is 33.4 Å². The number of esters is 1. The number of aliphatic hydroxyl groups is 1. The third-order valence-electron chi connectivity index (χ3n) is 8.92. The summed E-state index contributed by atoms with van der Waals surface area (Å²) in [6, 6.07) is 27.3. The summed E-state index contributed by atoms with van der Waals surface area (Å²) < 4.78 is 19.0. The highest BCUT2D eigenvalue weighted by Crippen LogP contribution is 2.39. The second-order valence-electron chi connectivity index (χ2n) is 13.8. The first-order chi connectivity index (χ1) is 23.6. The topological polar surface area (TPSA) is 110 Å². The molecule has 2 saturated heterocycles. The van der Waals surface area contributed by atoms with E-state index in [0.29, 0.717) is 25.1 Å². The standard InChI is InChI=1S/C40H45N3O6/c1-40(2,3)49-38(46)35-10-6-20-43(35)25-34-22-36(30-13-11-27(26-44)12-14-30)48-39(47-34)31-17-15-29(16-18-31)32-8-4-7-28(21-32)23-42-37(45)33-9-5-19-41-24-33/h4-5,7-9,11-19,21,24,34-36,39,44H,6,10,20,22-23,25-26H2,1-3H3,(H,42,45)/t34-,35+,36+,39+/m1/s1. The van der Waals surface area contributed by atoms with Gasteiger partial charge in [0, 0.05) is 37.5 Å². The molecule has 0 saturated carbocycles. The fraction of sp³-hybridized carbons (Fsp3) is 0.375. The van der Waals surface area contributed by atoms with Crippen molar-refractivity contribution in [2.24, 2.45) is 0 Å². The number of carbonyl (C=O) groups is 2. The van der Waals surface area contributed by atoms with Crippen LogP contribution in [0.4, 0.5) is 0 Å². The van der Waals surface area contributed by atoms with Crippen molar-refractivity contribution >= 4 is 11.9 Å². The average molecular weight is 664 g/mol. The molecular formula is C40H45N3O6. The van der Waals surface area contributed by atoms with E-state index in [4.69, 9.17) is 14.2 Å². The van der Waals surface area contributed by atoms with Crippen molar-refractivity contribution in [3.8, 4) is 11.1 Å². The van der Waals surface area contributed by atoms with Crippen LogP contribution in [0.1, 0.15) is 85.0 Å². The van der Waals surface area contributed by atoms with Gasteiger partial charge in [0.1, 0.15) is 11.6 Å². The molecule has 256 valence electrons. The van der Waals surface area contributed by atoms with Gasteiger partial charge in [-0.15, -0.1) is 0 Å². The number of hydrogen-bond acceptors (Lipinski definition) is 8. The number of rotatable bonds is 10. The highest BCUT2D eigenvalue weighted by molar-refractivity contribution is 5.93. The Morgan fingerprint density at radius 1 is 0.939 bits per heavy atom. The van der Waals surface area contributed by atoms with E-state index in [1.807, 2.05) is 75.4 Å². The van der Waals surface area contributed by atoms with Crippen LogP contribution in [0.2, 0.25) is 0 Å². The molecule has 0 radical (unpaired) electrons. The van der Waals surface area contributed by atoms with Gasteiger partial charge >= 0.3 is 5.97 Å². The first kappa shape index (κ1) is 34.5. The lowest BCUT2D eigenvalue weighted by atomic mass is 9.98. The number of carbonyl (C=O) groups excluding carboxylic acids is 2. The molecule has 4 atom stereocenters. The molecule has 2 aliphatic heterocycles. The zero-order chi connectivity index (χ0) is 34.4. The van der Waals surface area contributed by atoms with E-state index in [0.717, 1.165) is 52.8 Å². The molecule has 3 heterocycles. The van der Waals surface area contributed by atoms with Crippen LogP contribution in [0, 0.1) is 0 Å². The molecule has 9 heteroatoms. The molecule has 2 fully saturated rings. The summed E-state index contributed by atoms with van der Waals surface area (Å²) in [4.78, 5) is 31.8. The highest BCUT2D eigenvalue weighted by Gasteiger charge is 2.39. The summed E-state index contributed by atoms with van der Waals surface area (Å²) in [5.41, 5.74) is 5.80. The van der Waals surface area contributed by atoms with Crippen LogP contribution in [-0.4, -0.2) is 57.7 Å². The van der Waals surface area contributed by atoms with Gasteiger partial charge in [0.2, 0.25) is 0 Å². The van der Waals surface area contributed by atoms with Crippen LogP contribution in [0.25, 0.3) is 11.1 Å². The second-order valence-corrected chi connectivity index (χ2v) is 13.8. The largest absolute Gasteiger partial charge is 0.459 e. The second kappa shape index (κ2) is 15.4. The molecule has 6 rings (SSSR count). The molecule has 9 nitrogen and oxygen atoms in total. The molecule has 1 amide bonds.